The summed E-state index contributed by atoms with van der Waals surface area (Å²) in [7, 11) is 0. The topological polar surface area (TPSA) is 62.4 Å². The van der Waals surface area contributed by atoms with Crippen molar-refractivity contribution in [2.75, 3.05) is 11.4 Å². The van der Waals surface area contributed by atoms with E-state index in [4.69, 9.17) is 4.74 Å². The van der Waals surface area contributed by atoms with Gasteiger partial charge in [-0.1, -0.05) is 17.7 Å². The van der Waals surface area contributed by atoms with Gasteiger partial charge in [0.1, 0.15) is 5.69 Å². The molecule has 1 aromatic carbocycles. The average Bonchev–Trinajstić information content (AvgIpc) is 2.87. The molecule has 0 bridgehead atoms. The molecule has 5 heteroatoms. The Balaban J connectivity index is 1.96. The van der Waals surface area contributed by atoms with Crippen LogP contribution in [0.2, 0.25) is 0 Å². The van der Waals surface area contributed by atoms with E-state index in [0.717, 1.165) is 18.5 Å². The Labute approximate surface area is 154 Å². The van der Waals surface area contributed by atoms with E-state index in [2.05, 4.69) is 18.0 Å². The van der Waals surface area contributed by atoms with Gasteiger partial charge in [-0.15, -0.1) is 0 Å². The number of amides is 1. The van der Waals surface area contributed by atoms with Gasteiger partial charge in [0, 0.05) is 17.9 Å². The number of aryl methyl sites for hydroxylation is 3. The number of carbonyl (C=O) groups excluding carboxylic acids is 2. The zero-order chi connectivity index (χ0) is 19.0. The van der Waals surface area contributed by atoms with Crippen molar-refractivity contribution in [3.63, 3.8) is 0 Å². The van der Waals surface area contributed by atoms with E-state index in [1.807, 2.05) is 30.9 Å². The highest BCUT2D eigenvalue weighted by molar-refractivity contribution is 6.08. The maximum Gasteiger partial charge on any atom is 0.340 e. The summed E-state index contributed by atoms with van der Waals surface area (Å²) < 4.78 is 5.32. The second-order valence-corrected chi connectivity index (χ2v) is 7.27. The average molecular weight is 354 g/mol. The normalized spacial score (nSPS) is 13.7. The van der Waals surface area contributed by atoms with Crippen LogP contribution >= 0.6 is 0 Å². The Kier molecular flexibility index (Phi) is 4.90. The van der Waals surface area contributed by atoms with Crippen molar-refractivity contribution in [1.82, 2.24) is 4.98 Å². The third-order valence-electron chi connectivity index (χ3n) is 4.80. The van der Waals surface area contributed by atoms with Crippen LogP contribution in [0.25, 0.3) is 0 Å². The molecular weight excluding hydrogens is 328 g/mol. The minimum absolute atomic E-state index is 0.0981. The number of rotatable bonds is 3. The molecule has 1 aliphatic heterocycles. The second kappa shape index (κ2) is 6.98. The van der Waals surface area contributed by atoms with Crippen LogP contribution in [0.5, 0.6) is 0 Å². The molecule has 0 unspecified atom stereocenters. The molecule has 0 aliphatic carbocycles. The largest absolute Gasteiger partial charge is 0.459 e. The van der Waals surface area contributed by atoms with Crippen molar-refractivity contribution >= 4 is 17.6 Å². The van der Waals surface area contributed by atoms with Crippen LogP contribution < -0.4 is 4.90 Å². The van der Waals surface area contributed by atoms with E-state index < -0.39 is 0 Å². The lowest BCUT2D eigenvalue weighted by molar-refractivity contribution is 0.0376. The minimum Gasteiger partial charge on any atom is -0.459 e. The first kappa shape index (κ1) is 18.2. The van der Waals surface area contributed by atoms with Gasteiger partial charge in [0.2, 0.25) is 0 Å². The molecule has 0 spiro atoms. The molecule has 0 atom stereocenters. The number of benzene rings is 1. The van der Waals surface area contributed by atoms with Gasteiger partial charge in [0.05, 0.1) is 11.7 Å². The summed E-state index contributed by atoms with van der Waals surface area (Å²) in [6.07, 6.45) is 1.71. The molecule has 0 saturated carbocycles. The highest BCUT2D eigenvalue weighted by Gasteiger charge is 2.29. The van der Waals surface area contributed by atoms with E-state index in [1.165, 1.54) is 11.1 Å². The fourth-order valence-electron chi connectivity index (χ4n) is 3.61. The molecule has 3 rings (SSSR count). The van der Waals surface area contributed by atoms with Gasteiger partial charge in [0.15, 0.2) is 0 Å². The number of H-pyrrole nitrogens is 1. The standard InChI is InChI=1S/C21H26N2O3/c1-12(2)26-21(25)18-14(4)19(22-15(18)5)20(24)23-10-6-7-16-11-13(3)8-9-17(16)23/h8-9,11-12,22H,6-7,10H2,1-5H3. The van der Waals surface area contributed by atoms with Gasteiger partial charge in [0.25, 0.3) is 5.91 Å². The quantitative estimate of drug-likeness (QED) is 0.844. The van der Waals surface area contributed by atoms with Crippen LogP contribution in [-0.2, 0) is 11.2 Å². The van der Waals surface area contributed by atoms with Gasteiger partial charge < -0.3 is 14.6 Å². The van der Waals surface area contributed by atoms with Crippen molar-refractivity contribution in [2.24, 2.45) is 0 Å². The summed E-state index contributed by atoms with van der Waals surface area (Å²) in [4.78, 5) is 30.5. The fraction of sp³-hybridized carbons (Fsp3) is 0.429. The van der Waals surface area contributed by atoms with E-state index in [9.17, 15) is 9.59 Å². The zero-order valence-electron chi connectivity index (χ0n) is 16.1. The van der Waals surface area contributed by atoms with Crippen LogP contribution in [0.3, 0.4) is 0 Å². The van der Waals surface area contributed by atoms with E-state index in [0.29, 0.717) is 29.1 Å². The number of hydrogen-bond acceptors (Lipinski definition) is 3. The monoisotopic (exact) mass is 354 g/mol. The maximum atomic E-state index is 13.2. The van der Waals surface area contributed by atoms with Crippen LogP contribution in [0.15, 0.2) is 18.2 Å². The zero-order valence-corrected chi connectivity index (χ0v) is 16.1. The lowest BCUT2D eigenvalue weighted by atomic mass is 9.99. The van der Waals surface area contributed by atoms with E-state index in [-0.39, 0.29) is 18.0 Å². The van der Waals surface area contributed by atoms with Crippen molar-refractivity contribution < 1.29 is 14.3 Å². The van der Waals surface area contributed by atoms with Crippen LogP contribution in [0, 0.1) is 20.8 Å². The third-order valence-corrected chi connectivity index (χ3v) is 4.80. The number of carbonyl (C=O) groups is 2. The summed E-state index contributed by atoms with van der Waals surface area (Å²) in [5, 5.41) is 0. The predicted molar refractivity (Wildman–Crippen MR) is 102 cm³/mol. The van der Waals surface area contributed by atoms with Crippen LogP contribution in [-0.4, -0.2) is 29.5 Å². The lowest BCUT2D eigenvalue weighted by Gasteiger charge is -2.29. The minimum atomic E-state index is -0.389. The highest BCUT2D eigenvalue weighted by Crippen LogP contribution is 2.30. The Morgan fingerprint density at radius 3 is 2.62 bits per heavy atom. The van der Waals surface area contributed by atoms with Gasteiger partial charge in [-0.25, -0.2) is 4.79 Å². The highest BCUT2D eigenvalue weighted by atomic mass is 16.5. The Hall–Kier alpha value is -2.56. The molecule has 5 nitrogen and oxygen atoms in total. The maximum absolute atomic E-state index is 13.2. The molecule has 0 radical (unpaired) electrons. The Morgan fingerprint density at radius 2 is 1.92 bits per heavy atom. The molecule has 0 saturated heterocycles. The molecule has 2 aromatic rings. The Bertz CT molecular complexity index is 864. The van der Waals surface area contributed by atoms with Crippen molar-refractivity contribution in [2.45, 2.75) is 53.6 Å². The summed E-state index contributed by atoms with van der Waals surface area (Å²) in [5.41, 5.74) is 5.60. The van der Waals surface area contributed by atoms with Crippen molar-refractivity contribution in [1.29, 1.82) is 0 Å². The SMILES string of the molecule is Cc1ccc2c(c1)CCCN2C(=O)c1[nH]c(C)c(C(=O)OC(C)C)c1C. The molecule has 0 fully saturated rings. The number of ether oxygens (including phenoxy) is 1. The first-order valence-corrected chi connectivity index (χ1v) is 9.11. The van der Waals surface area contributed by atoms with Crippen LogP contribution in [0.1, 0.15) is 63.5 Å². The summed E-state index contributed by atoms with van der Waals surface area (Å²) in [6.45, 7) is 9.97. The number of aromatic amines is 1. The smallest absolute Gasteiger partial charge is 0.340 e. The summed E-state index contributed by atoms with van der Waals surface area (Å²) in [6, 6.07) is 6.19. The van der Waals surface area contributed by atoms with Crippen molar-refractivity contribution in [3.8, 4) is 0 Å². The predicted octanol–water partition coefficient (Wildman–Crippen LogP) is 4.10. The molecule has 26 heavy (non-hydrogen) atoms. The van der Waals surface area contributed by atoms with Crippen molar-refractivity contribution in [3.05, 3.63) is 51.8 Å². The number of nitrogens with one attached hydrogen (secondary N) is 1. The van der Waals surface area contributed by atoms with Crippen LogP contribution in [0.4, 0.5) is 5.69 Å². The number of anilines is 1. The third kappa shape index (κ3) is 3.26. The van der Waals surface area contributed by atoms with Gasteiger partial charge >= 0.3 is 5.97 Å². The molecular formula is C21H26N2O3. The number of fused-ring (bicyclic) bond motifs is 1. The van der Waals surface area contributed by atoms with E-state index >= 15 is 0 Å². The summed E-state index contributed by atoms with van der Waals surface area (Å²) in [5.74, 6) is -0.487. The molecule has 138 valence electrons. The number of nitrogens with zero attached hydrogens (tertiary/aromatic N) is 1. The lowest BCUT2D eigenvalue weighted by Crippen LogP contribution is -2.36. The molecule has 1 aromatic heterocycles. The van der Waals surface area contributed by atoms with Gasteiger partial charge in [-0.3, -0.25) is 4.79 Å². The molecule has 2 heterocycles. The fourth-order valence-corrected chi connectivity index (χ4v) is 3.61. The molecule has 1 N–H and O–H groups in total. The molecule has 1 amide bonds. The first-order chi connectivity index (χ1) is 12.3. The number of aromatic nitrogens is 1. The van der Waals surface area contributed by atoms with E-state index in [1.54, 1.807) is 13.8 Å². The second-order valence-electron chi connectivity index (χ2n) is 7.27. The first-order valence-electron chi connectivity index (χ1n) is 9.11. The Morgan fingerprint density at radius 1 is 1.19 bits per heavy atom. The number of esters is 1. The number of hydrogen-bond donors (Lipinski definition) is 1. The van der Waals surface area contributed by atoms with Gasteiger partial charge in [-0.05, 0) is 64.7 Å². The summed E-state index contributed by atoms with van der Waals surface area (Å²) >= 11 is 0. The molecule has 1 aliphatic rings. The van der Waals surface area contributed by atoms with Gasteiger partial charge in [-0.2, -0.15) is 0 Å².